The average molecular weight is 461 g/mol. The van der Waals surface area contributed by atoms with Gasteiger partial charge < -0.3 is 26.0 Å². The van der Waals surface area contributed by atoms with Gasteiger partial charge in [-0.3, -0.25) is 9.59 Å². The van der Waals surface area contributed by atoms with Crippen molar-refractivity contribution in [2.24, 2.45) is 0 Å². The van der Waals surface area contributed by atoms with Crippen LogP contribution in [0.4, 0.5) is 11.4 Å². The lowest BCUT2D eigenvalue weighted by molar-refractivity contribution is -0.150. The van der Waals surface area contributed by atoms with Gasteiger partial charge in [0, 0.05) is 23.7 Å². The van der Waals surface area contributed by atoms with Gasteiger partial charge in [-0.2, -0.15) is 0 Å². The molecule has 0 spiro atoms. The number of hydrogen-bond donors (Lipinski definition) is 4. The molecular formula is C22H22Cl2N4O3. The third-order valence-electron chi connectivity index (χ3n) is 6.15. The van der Waals surface area contributed by atoms with Crippen molar-refractivity contribution in [1.82, 2.24) is 10.6 Å². The van der Waals surface area contributed by atoms with Crippen molar-refractivity contribution in [3.8, 4) is 5.75 Å². The Morgan fingerprint density at radius 1 is 1.00 bits per heavy atom. The van der Waals surface area contributed by atoms with E-state index in [0.717, 1.165) is 30.6 Å². The quantitative estimate of drug-likeness (QED) is 0.531. The number of carbonyl (C=O) groups excluding carboxylic acids is 2. The highest BCUT2D eigenvalue weighted by molar-refractivity contribution is 6.42. The number of ether oxygens (including phenoxy) is 1. The highest BCUT2D eigenvalue weighted by Gasteiger charge is 2.69. The minimum atomic E-state index is -0.325. The number of halogens is 2. The summed E-state index contributed by atoms with van der Waals surface area (Å²) in [5.74, 6) is 0.270. The monoisotopic (exact) mass is 460 g/mol. The van der Waals surface area contributed by atoms with Crippen molar-refractivity contribution in [1.29, 1.82) is 0 Å². The van der Waals surface area contributed by atoms with E-state index >= 15 is 0 Å². The van der Waals surface area contributed by atoms with Gasteiger partial charge >= 0.3 is 0 Å². The van der Waals surface area contributed by atoms with Crippen LogP contribution in [0.15, 0.2) is 42.5 Å². The van der Waals surface area contributed by atoms with Crippen LogP contribution < -0.4 is 26.0 Å². The van der Waals surface area contributed by atoms with E-state index in [9.17, 15) is 9.59 Å². The van der Waals surface area contributed by atoms with Crippen molar-refractivity contribution >= 4 is 46.4 Å². The number of benzene rings is 2. The van der Waals surface area contributed by atoms with Crippen LogP contribution in [0.5, 0.6) is 5.75 Å². The molecule has 3 aliphatic carbocycles. The summed E-state index contributed by atoms with van der Waals surface area (Å²) >= 11 is 11.8. The van der Waals surface area contributed by atoms with Crippen molar-refractivity contribution in [3.05, 3.63) is 52.5 Å². The van der Waals surface area contributed by atoms with E-state index in [1.54, 1.807) is 18.2 Å². The van der Waals surface area contributed by atoms with Crippen LogP contribution in [0.3, 0.4) is 0 Å². The number of fused-ring (bicyclic) bond motifs is 1. The Bertz CT molecular complexity index is 1040. The Hall–Kier alpha value is -2.64. The van der Waals surface area contributed by atoms with E-state index in [1.807, 2.05) is 24.3 Å². The standard InChI is InChI=1S/C22H22Cl2N4O3/c23-14-6-5-13(7-15(14)24)31-9-19(29)27-21-10-22(11-21,12-21)28-20(30)18-8-25-16-3-1-2-4-17(16)26-18/h1-7,18,25-26H,8-12H2,(H,27,29)(H,28,30). The van der Waals surface area contributed by atoms with Crippen molar-refractivity contribution in [2.45, 2.75) is 36.4 Å². The fourth-order valence-corrected chi connectivity index (χ4v) is 5.11. The average Bonchev–Trinajstić information content (AvgIpc) is 2.71. The Labute approximate surface area is 189 Å². The zero-order chi connectivity index (χ0) is 21.6. The molecule has 3 fully saturated rings. The lowest BCUT2D eigenvalue weighted by Crippen LogP contribution is -2.84. The number of carbonyl (C=O) groups is 2. The molecule has 1 aliphatic heterocycles. The molecule has 1 unspecified atom stereocenters. The van der Waals surface area contributed by atoms with E-state index in [1.165, 1.54) is 0 Å². The van der Waals surface area contributed by atoms with Gasteiger partial charge in [-0.25, -0.2) is 0 Å². The number of amides is 2. The molecule has 2 amide bonds. The molecule has 6 rings (SSSR count). The first-order chi connectivity index (χ1) is 14.9. The third kappa shape index (κ3) is 3.88. The summed E-state index contributed by atoms with van der Waals surface area (Å²) in [6.45, 7) is 0.434. The van der Waals surface area contributed by atoms with Crippen LogP contribution in [0.25, 0.3) is 0 Å². The van der Waals surface area contributed by atoms with Gasteiger partial charge in [0.05, 0.1) is 21.4 Å². The Kier molecular flexibility index (Phi) is 4.90. The highest BCUT2D eigenvalue weighted by atomic mass is 35.5. The molecule has 2 bridgehead atoms. The zero-order valence-corrected chi connectivity index (χ0v) is 18.1. The highest BCUT2D eigenvalue weighted by Crippen LogP contribution is 2.60. The predicted octanol–water partition coefficient (Wildman–Crippen LogP) is 3.19. The van der Waals surface area contributed by atoms with Gasteiger partial charge in [0.1, 0.15) is 11.8 Å². The van der Waals surface area contributed by atoms with Crippen molar-refractivity contribution in [2.75, 3.05) is 23.8 Å². The molecule has 1 atom stereocenters. The maximum absolute atomic E-state index is 12.7. The fourth-order valence-electron chi connectivity index (χ4n) is 4.82. The first-order valence-electron chi connectivity index (χ1n) is 10.2. The summed E-state index contributed by atoms with van der Waals surface area (Å²) in [5.41, 5.74) is 1.48. The molecule has 3 saturated carbocycles. The molecule has 4 aliphatic rings. The third-order valence-corrected chi connectivity index (χ3v) is 6.89. The van der Waals surface area contributed by atoms with Crippen LogP contribution in [0, 0.1) is 0 Å². The minimum Gasteiger partial charge on any atom is -0.484 e. The van der Waals surface area contributed by atoms with Crippen molar-refractivity contribution < 1.29 is 14.3 Å². The fraction of sp³-hybridized carbons (Fsp3) is 0.364. The largest absolute Gasteiger partial charge is 0.484 e. The van der Waals surface area contributed by atoms with Crippen LogP contribution >= 0.6 is 23.2 Å². The van der Waals surface area contributed by atoms with Crippen LogP contribution in [-0.2, 0) is 9.59 Å². The van der Waals surface area contributed by atoms with E-state index in [2.05, 4.69) is 21.3 Å². The van der Waals surface area contributed by atoms with Crippen LogP contribution in [0.1, 0.15) is 19.3 Å². The molecule has 4 N–H and O–H groups in total. The number of hydrogen-bond acceptors (Lipinski definition) is 5. The molecule has 9 heteroatoms. The summed E-state index contributed by atoms with van der Waals surface area (Å²) in [4.78, 5) is 25.0. The maximum atomic E-state index is 12.7. The van der Waals surface area contributed by atoms with E-state index < -0.39 is 0 Å². The van der Waals surface area contributed by atoms with E-state index in [0.29, 0.717) is 22.3 Å². The maximum Gasteiger partial charge on any atom is 0.258 e. The van der Waals surface area contributed by atoms with E-state index in [-0.39, 0.29) is 35.5 Å². The number of para-hydroxylation sites is 2. The normalized spacial score (nSPS) is 27.4. The molecule has 1 heterocycles. The van der Waals surface area contributed by atoms with Gasteiger partial charge in [0.2, 0.25) is 5.91 Å². The van der Waals surface area contributed by atoms with E-state index in [4.69, 9.17) is 27.9 Å². The molecular weight excluding hydrogens is 439 g/mol. The van der Waals surface area contributed by atoms with Gasteiger partial charge in [-0.05, 0) is 43.5 Å². The summed E-state index contributed by atoms with van der Waals surface area (Å²) in [5, 5.41) is 13.6. The van der Waals surface area contributed by atoms with Crippen LogP contribution in [0.2, 0.25) is 10.0 Å². The molecule has 0 radical (unpaired) electrons. The second-order valence-electron chi connectivity index (χ2n) is 8.62. The van der Waals surface area contributed by atoms with Gasteiger partial charge in [0.25, 0.3) is 5.91 Å². The summed E-state index contributed by atoms with van der Waals surface area (Å²) < 4.78 is 5.49. The zero-order valence-electron chi connectivity index (χ0n) is 16.6. The topological polar surface area (TPSA) is 91.5 Å². The second-order valence-corrected chi connectivity index (χ2v) is 9.43. The summed E-state index contributed by atoms with van der Waals surface area (Å²) in [7, 11) is 0. The summed E-state index contributed by atoms with van der Waals surface area (Å²) in [6.07, 6.45) is 2.21. The first kappa shape index (κ1) is 20.3. The predicted molar refractivity (Wildman–Crippen MR) is 120 cm³/mol. The smallest absolute Gasteiger partial charge is 0.258 e. The minimum absolute atomic E-state index is 0.0235. The first-order valence-corrected chi connectivity index (χ1v) is 10.9. The molecule has 162 valence electrons. The van der Waals surface area contributed by atoms with Gasteiger partial charge in [-0.15, -0.1) is 0 Å². The Morgan fingerprint density at radius 2 is 1.71 bits per heavy atom. The molecule has 2 aromatic carbocycles. The lowest BCUT2D eigenvalue weighted by Gasteiger charge is -2.70. The van der Waals surface area contributed by atoms with Gasteiger partial charge in [0.15, 0.2) is 6.61 Å². The molecule has 7 nitrogen and oxygen atoms in total. The Balaban J connectivity index is 1.08. The molecule has 0 saturated heterocycles. The van der Waals surface area contributed by atoms with Gasteiger partial charge in [-0.1, -0.05) is 35.3 Å². The molecule has 0 aromatic heterocycles. The number of nitrogens with one attached hydrogen (secondary N) is 4. The number of rotatable bonds is 6. The van der Waals surface area contributed by atoms with Crippen LogP contribution in [-0.4, -0.2) is 42.1 Å². The van der Waals surface area contributed by atoms with Crippen molar-refractivity contribution in [3.63, 3.8) is 0 Å². The Morgan fingerprint density at radius 3 is 2.45 bits per heavy atom. The molecule has 2 aromatic rings. The second kappa shape index (κ2) is 7.50. The lowest BCUT2D eigenvalue weighted by atomic mass is 9.44. The SMILES string of the molecule is O=C(COc1ccc(Cl)c(Cl)c1)NC12CC(NC(=O)C3CNc4ccccc4N3)(C1)C2. The number of anilines is 2. The molecule has 31 heavy (non-hydrogen) atoms. The summed E-state index contributed by atoms with van der Waals surface area (Å²) in [6, 6.07) is 12.4.